The largest absolute Gasteiger partial charge is 0.355 e. The van der Waals surface area contributed by atoms with E-state index >= 15 is 0 Å². The van der Waals surface area contributed by atoms with E-state index in [0.717, 1.165) is 22.3 Å². The minimum absolute atomic E-state index is 0.602. The van der Waals surface area contributed by atoms with E-state index in [1.807, 2.05) is 30.5 Å². The first-order valence-electron chi connectivity index (χ1n) is 8.33. The Kier molecular flexibility index (Phi) is 3.46. The molecule has 1 aliphatic rings. The zero-order valence-corrected chi connectivity index (χ0v) is 13.9. The van der Waals surface area contributed by atoms with E-state index in [0.29, 0.717) is 11.5 Å². The maximum atomic E-state index is 9.13. The third-order valence-electron chi connectivity index (χ3n) is 4.79. The zero-order valence-electron chi connectivity index (χ0n) is 13.9. The first kappa shape index (κ1) is 14.7. The molecule has 24 heavy (non-hydrogen) atoms. The van der Waals surface area contributed by atoms with Gasteiger partial charge in [-0.2, -0.15) is 5.26 Å². The fourth-order valence-corrected chi connectivity index (χ4v) is 3.12. The zero-order chi connectivity index (χ0) is 16.7. The molecule has 3 nitrogen and oxygen atoms in total. The van der Waals surface area contributed by atoms with Crippen LogP contribution in [0.5, 0.6) is 0 Å². The lowest BCUT2D eigenvalue weighted by Gasteiger charge is -2.16. The van der Waals surface area contributed by atoms with Crippen LogP contribution in [0.1, 0.15) is 41.0 Å². The summed E-state index contributed by atoms with van der Waals surface area (Å²) >= 11 is 0. The third kappa shape index (κ3) is 2.61. The van der Waals surface area contributed by atoms with E-state index in [1.165, 1.54) is 29.5 Å². The fourth-order valence-electron chi connectivity index (χ4n) is 3.12. The first-order valence-corrected chi connectivity index (χ1v) is 8.33. The maximum Gasteiger partial charge on any atom is 0.0992 e. The van der Waals surface area contributed by atoms with Gasteiger partial charge in [-0.05, 0) is 79.6 Å². The topological polar surface area (TPSA) is 48.7 Å². The van der Waals surface area contributed by atoms with Crippen molar-refractivity contribution in [2.45, 2.75) is 32.6 Å². The Labute approximate surface area is 142 Å². The summed E-state index contributed by atoms with van der Waals surface area (Å²) in [6, 6.07) is 14.2. The van der Waals surface area contributed by atoms with Crippen LogP contribution in [0.4, 0.5) is 11.4 Å². The van der Waals surface area contributed by atoms with Crippen molar-refractivity contribution in [2.75, 3.05) is 5.32 Å². The third-order valence-corrected chi connectivity index (χ3v) is 4.79. The Balaban J connectivity index is 1.89. The summed E-state index contributed by atoms with van der Waals surface area (Å²) in [6.07, 6.45) is 4.47. The highest BCUT2D eigenvalue weighted by molar-refractivity contribution is 5.96. The molecule has 0 unspecified atom stereocenters. The average Bonchev–Trinajstić information content (AvgIpc) is 3.42. The highest BCUT2D eigenvalue weighted by Gasteiger charge is 2.27. The van der Waals surface area contributed by atoms with Gasteiger partial charge in [-0.15, -0.1) is 0 Å². The molecule has 2 aromatic carbocycles. The van der Waals surface area contributed by atoms with Gasteiger partial charge in [0, 0.05) is 17.3 Å². The van der Waals surface area contributed by atoms with E-state index in [1.54, 1.807) is 0 Å². The summed E-state index contributed by atoms with van der Waals surface area (Å²) in [7, 11) is 0. The van der Waals surface area contributed by atoms with Crippen LogP contribution in [-0.2, 0) is 0 Å². The maximum absolute atomic E-state index is 9.13. The number of nitriles is 1. The number of nitrogens with zero attached hydrogens (tertiary/aromatic N) is 2. The lowest BCUT2D eigenvalue weighted by atomic mass is 10.0. The van der Waals surface area contributed by atoms with Gasteiger partial charge in [-0.25, -0.2) is 0 Å². The standard InChI is InChI=1S/C21H19N3/c1-13-8-18-20(9-14(13)2)23-12-19(16-6-7-16)21(18)24-17-5-3-4-15(10-17)11-22/h3-5,8-10,12,16H,6-7H2,1-2H3,(H,23,24). The fraction of sp³-hybridized carbons (Fsp3) is 0.238. The number of fused-ring (bicyclic) bond motifs is 1. The summed E-state index contributed by atoms with van der Waals surface area (Å²) in [4.78, 5) is 4.69. The lowest BCUT2D eigenvalue weighted by molar-refractivity contribution is 1.11. The molecule has 3 aromatic rings. The van der Waals surface area contributed by atoms with Gasteiger partial charge >= 0.3 is 0 Å². The monoisotopic (exact) mass is 313 g/mol. The van der Waals surface area contributed by atoms with Gasteiger partial charge in [-0.3, -0.25) is 4.98 Å². The normalized spacial score (nSPS) is 13.7. The second-order valence-corrected chi connectivity index (χ2v) is 6.63. The molecule has 118 valence electrons. The number of rotatable bonds is 3. The highest BCUT2D eigenvalue weighted by Crippen LogP contribution is 2.46. The number of aryl methyl sites for hydroxylation is 2. The van der Waals surface area contributed by atoms with Crippen molar-refractivity contribution >= 4 is 22.3 Å². The Morgan fingerprint density at radius 1 is 1.12 bits per heavy atom. The van der Waals surface area contributed by atoms with Crippen LogP contribution in [0.25, 0.3) is 10.9 Å². The number of hydrogen-bond acceptors (Lipinski definition) is 3. The molecule has 0 bridgehead atoms. The molecule has 1 aromatic heterocycles. The van der Waals surface area contributed by atoms with Crippen molar-refractivity contribution in [3.63, 3.8) is 0 Å². The smallest absolute Gasteiger partial charge is 0.0992 e. The molecule has 0 aliphatic heterocycles. The lowest BCUT2D eigenvalue weighted by Crippen LogP contribution is -1.99. The molecule has 1 N–H and O–H groups in total. The van der Waals surface area contributed by atoms with Gasteiger partial charge in [0.25, 0.3) is 0 Å². The van der Waals surface area contributed by atoms with Crippen molar-refractivity contribution in [2.24, 2.45) is 0 Å². The quantitative estimate of drug-likeness (QED) is 0.709. The average molecular weight is 313 g/mol. The summed E-state index contributed by atoms with van der Waals surface area (Å²) in [5.41, 5.74) is 7.58. The number of anilines is 2. The molecule has 1 saturated carbocycles. The van der Waals surface area contributed by atoms with Gasteiger partial charge < -0.3 is 5.32 Å². The molecule has 0 amide bonds. The summed E-state index contributed by atoms with van der Waals surface area (Å²) in [6.45, 7) is 4.26. The molecule has 0 radical (unpaired) electrons. The van der Waals surface area contributed by atoms with Crippen LogP contribution >= 0.6 is 0 Å². The number of aromatic nitrogens is 1. The molecule has 0 spiro atoms. The minimum atomic E-state index is 0.602. The Morgan fingerprint density at radius 2 is 1.92 bits per heavy atom. The number of nitrogens with one attached hydrogen (secondary N) is 1. The van der Waals surface area contributed by atoms with E-state index in [4.69, 9.17) is 5.26 Å². The van der Waals surface area contributed by atoms with Gasteiger partial charge in [0.2, 0.25) is 0 Å². The predicted octanol–water partition coefficient (Wildman–Crippen LogP) is 5.34. The molecule has 0 atom stereocenters. The SMILES string of the molecule is Cc1cc2ncc(C3CC3)c(Nc3cccc(C#N)c3)c2cc1C. The molecular weight excluding hydrogens is 294 g/mol. The first-order chi connectivity index (χ1) is 11.7. The number of pyridine rings is 1. The van der Waals surface area contributed by atoms with E-state index in [9.17, 15) is 0 Å². The van der Waals surface area contributed by atoms with Crippen LogP contribution in [0.3, 0.4) is 0 Å². The summed E-state index contributed by atoms with van der Waals surface area (Å²) in [5, 5.41) is 13.9. The van der Waals surface area contributed by atoms with Crippen molar-refractivity contribution in [1.82, 2.24) is 4.98 Å². The molecule has 0 saturated heterocycles. The van der Waals surface area contributed by atoms with Crippen LogP contribution in [0.15, 0.2) is 42.6 Å². The Hall–Kier alpha value is -2.86. The van der Waals surface area contributed by atoms with Crippen molar-refractivity contribution in [3.8, 4) is 6.07 Å². The summed E-state index contributed by atoms with van der Waals surface area (Å²) < 4.78 is 0. The molecule has 1 heterocycles. The second kappa shape index (κ2) is 5.65. The highest BCUT2D eigenvalue weighted by atomic mass is 14.9. The van der Waals surface area contributed by atoms with Crippen LogP contribution in [-0.4, -0.2) is 4.98 Å². The van der Waals surface area contributed by atoms with E-state index in [-0.39, 0.29) is 0 Å². The second-order valence-electron chi connectivity index (χ2n) is 6.63. The predicted molar refractivity (Wildman–Crippen MR) is 97.6 cm³/mol. The van der Waals surface area contributed by atoms with Crippen molar-refractivity contribution < 1.29 is 0 Å². The van der Waals surface area contributed by atoms with E-state index < -0.39 is 0 Å². The van der Waals surface area contributed by atoms with Gasteiger partial charge in [0.05, 0.1) is 22.8 Å². The van der Waals surface area contributed by atoms with Crippen molar-refractivity contribution in [3.05, 3.63) is 64.8 Å². The number of hydrogen-bond donors (Lipinski definition) is 1. The van der Waals surface area contributed by atoms with Crippen LogP contribution < -0.4 is 5.32 Å². The van der Waals surface area contributed by atoms with Gasteiger partial charge in [-0.1, -0.05) is 6.07 Å². The number of benzene rings is 2. The van der Waals surface area contributed by atoms with Gasteiger partial charge in [0.15, 0.2) is 0 Å². The molecule has 1 fully saturated rings. The Morgan fingerprint density at radius 3 is 2.67 bits per heavy atom. The molecular formula is C21H19N3. The van der Waals surface area contributed by atoms with Gasteiger partial charge in [0.1, 0.15) is 0 Å². The minimum Gasteiger partial charge on any atom is -0.355 e. The molecule has 4 rings (SSSR count). The summed E-state index contributed by atoms with van der Waals surface area (Å²) in [5.74, 6) is 0.602. The van der Waals surface area contributed by atoms with E-state index in [2.05, 4.69) is 42.4 Å². The Bertz CT molecular complexity index is 978. The van der Waals surface area contributed by atoms with Crippen LogP contribution in [0.2, 0.25) is 0 Å². The van der Waals surface area contributed by atoms with Crippen LogP contribution in [0, 0.1) is 25.2 Å². The molecule has 1 aliphatic carbocycles. The molecule has 3 heteroatoms. The van der Waals surface area contributed by atoms with Crippen molar-refractivity contribution in [1.29, 1.82) is 5.26 Å².